The van der Waals surface area contributed by atoms with Crippen LogP contribution < -0.4 is 10.1 Å². The Balaban J connectivity index is 1.99. The fourth-order valence-corrected chi connectivity index (χ4v) is 2.91. The summed E-state index contributed by atoms with van der Waals surface area (Å²) in [6.07, 6.45) is 0. The Kier molecular flexibility index (Phi) is 6.53. The fraction of sp³-hybridized carbons (Fsp3) is 0.176. The predicted molar refractivity (Wildman–Crippen MR) is 98.1 cm³/mol. The summed E-state index contributed by atoms with van der Waals surface area (Å²) in [7, 11) is 1.50. The van der Waals surface area contributed by atoms with Crippen molar-refractivity contribution < 1.29 is 19.1 Å². The molecule has 0 aliphatic carbocycles. The number of nitrogens with one attached hydrogen (secondary N) is 1. The zero-order valence-electron chi connectivity index (χ0n) is 13.4. The Labute approximate surface area is 159 Å². The molecule has 0 bridgehead atoms. The van der Waals surface area contributed by atoms with Crippen molar-refractivity contribution in [3.63, 3.8) is 0 Å². The van der Waals surface area contributed by atoms with E-state index in [0.717, 1.165) is 5.56 Å². The minimum absolute atomic E-state index is 0.181. The van der Waals surface area contributed by atoms with Crippen molar-refractivity contribution in [2.45, 2.75) is 6.92 Å². The standard InChI is InChI=1S/C17H14Cl3NO4/c1-9-3-4-10(5-14(9)24-2)17(23)25-8-15(22)21-16-12(19)6-11(18)7-13(16)20/h3-7H,8H2,1-2H3,(H,21,22). The van der Waals surface area contributed by atoms with Gasteiger partial charge in [0.1, 0.15) is 5.75 Å². The number of esters is 1. The van der Waals surface area contributed by atoms with Gasteiger partial charge in [0.15, 0.2) is 6.61 Å². The molecule has 1 N–H and O–H groups in total. The second-order valence-corrected chi connectivity index (χ2v) is 6.30. The first-order valence-electron chi connectivity index (χ1n) is 7.08. The topological polar surface area (TPSA) is 64.6 Å². The second kappa shape index (κ2) is 8.43. The molecule has 0 atom stereocenters. The number of aryl methyl sites for hydroxylation is 1. The van der Waals surface area contributed by atoms with Crippen LogP contribution >= 0.6 is 34.8 Å². The van der Waals surface area contributed by atoms with Crippen molar-refractivity contribution in [1.29, 1.82) is 0 Å². The highest BCUT2D eigenvalue weighted by molar-refractivity contribution is 6.42. The van der Waals surface area contributed by atoms with Gasteiger partial charge < -0.3 is 14.8 Å². The molecule has 0 spiro atoms. The first kappa shape index (κ1) is 19.4. The van der Waals surface area contributed by atoms with Crippen LogP contribution in [0.3, 0.4) is 0 Å². The van der Waals surface area contributed by atoms with Crippen molar-refractivity contribution in [1.82, 2.24) is 0 Å². The van der Waals surface area contributed by atoms with E-state index in [9.17, 15) is 9.59 Å². The summed E-state index contributed by atoms with van der Waals surface area (Å²) in [5, 5.41) is 3.18. The SMILES string of the molecule is COc1cc(C(=O)OCC(=O)Nc2c(Cl)cc(Cl)cc2Cl)ccc1C. The lowest BCUT2D eigenvalue weighted by molar-refractivity contribution is -0.119. The van der Waals surface area contributed by atoms with Crippen LogP contribution in [0.4, 0.5) is 5.69 Å². The van der Waals surface area contributed by atoms with Gasteiger partial charge >= 0.3 is 5.97 Å². The third-order valence-corrected chi connectivity index (χ3v) is 4.06. The Morgan fingerprint density at radius 3 is 2.32 bits per heavy atom. The Hall–Kier alpha value is -1.95. The van der Waals surface area contributed by atoms with Gasteiger partial charge in [0, 0.05) is 5.02 Å². The van der Waals surface area contributed by atoms with E-state index >= 15 is 0 Å². The average Bonchev–Trinajstić information content (AvgIpc) is 2.56. The second-order valence-electron chi connectivity index (χ2n) is 5.05. The van der Waals surface area contributed by atoms with E-state index in [0.29, 0.717) is 10.8 Å². The highest BCUT2D eigenvalue weighted by Crippen LogP contribution is 2.33. The summed E-state index contributed by atoms with van der Waals surface area (Å²) in [4.78, 5) is 24.0. The maximum atomic E-state index is 12.0. The summed E-state index contributed by atoms with van der Waals surface area (Å²) in [5.74, 6) is -0.682. The van der Waals surface area contributed by atoms with E-state index in [4.69, 9.17) is 44.3 Å². The Bertz CT molecular complexity index is 801. The van der Waals surface area contributed by atoms with Crippen molar-refractivity contribution in [2.75, 3.05) is 19.0 Å². The molecule has 2 rings (SSSR count). The number of halogens is 3. The molecule has 0 fully saturated rings. The summed E-state index contributed by atoms with van der Waals surface area (Å²) >= 11 is 17.8. The van der Waals surface area contributed by atoms with Crippen molar-refractivity contribution in [2.24, 2.45) is 0 Å². The molecule has 2 aromatic carbocycles. The minimum atomic E-state index is -0.651. The molecule has 132 valence electrons. The number of ether oxygens (including phenoxy) is 2. The normalized spacial score (nSPS) is 10.3. The minimum Gasteiger partial charge on any atom is -0.496 e. The molecule has 0 aromatic heterocycles. The summed E-state index contributed by atoms with van der Waals surface area (Å²) in [5.41, 5.74) is 1.35. The van der Waals surface area contributed by atoms with E-state index in [2.05, 4.69) is 5.32 Å². The molecule has 0 heterocycles. The molecular formula is C17H14Cl3NO4. The van der Waals surface area contributed by atoms with Crippen LogP contribution in [0.25, 0.3) is 0 Å². The maximum absolute atomic E-state index is 12.0. The third kappa shape index (κ3) is 5.01. The number of rotatable bonds is 5. The van der Waals surface area contributed by atoms with E-state index < -0.39 is 18.5 Å². The van der Waals surface area contributed by atoms with Crippen LogP contribution in [0.2, 0.25) is 15.1 Å². The number of anilines is 1. The third-order valence-electron chi connectivity index (χ3n) is 3.25. The molecule has 2 aromatic rings. The fourth-order valence-electron chi connectivity index (χ4n) is 2.00. The van der Waals surface area contributed by atoms with Gasteiger partial charge in [0.05, 0.1) is 28.4 Å². The Morgan fingerprint density at radius 1 is 1.08 bits per heavy atom. The van der Waals surface area contributed by atoms with E-state index in [1.807, 2.05) is 6.92 Å². The molecule has 0 aliphatic rings. The number of carbonyl (C=O) groups excluding carboxylic acids is 2. The number of amides is 1. The number of carbonyl (C=O) groups is 2. The summed E-state index contributed by atoms with van der Waals surface area (Å²) < 4.78 is 10.1. The Morgan fingerprint density at radius 2 is 1.72 bits per heavy atom. The van der Waals surface area contributed by atoms with Gasteiger partial charge in [0.2, 0.25) is 0 Å². The highest BCUT2D eigenvalue weighted by Gasteiger charge is 2.15. The molecule has 0 radical (unpaired) electrons. The van der Waals surface area contributed by atoms with Gasteiger partial charge in [0.25, 0.3) is 5.91 Å². The molecule has 1 amide bonds. The quantitative estimate of drug-likeness (QED) is 0.732. The van der Waals surface area contributed by atoms with Crippen LogP contribution in [0.1, 0.15) is 15.9 Å². The van der Waals surface area contributed by atoms with E-state index in [1.165, 1.54) is 19.2 Å². The van der Waals surface area contributed by atoms with Crippen LogP contribution in [0.15, 0.2) is 30.3 Å². The zero-order valence-corrected chi connectivity index (χ0v) is 15.6. The maximum Gasteiger partial charge on any atom is 0.338 e. The summed E-state index contributed by atoms with van der Waals surface area (Å²) in [6.45, 7) is 1.35. The van der Waals surface area contributed by atoms with Crippen LogP contribution in [0, 0.1) is 6.92 Å². The van der Waals surface area contributed by atoms with Crippen LogP contribution in [0.5, 0.6) is 5.75 Å². The highest BCUT2D eigenvalue weighted by atomic mass is 35.5. The van der Waals surface area contributed by atoms with Gasteiger partial charge in [-0.25, -0.2) is 4.79 Å². The molecule has 0 aliphatic heterocycles. The molecular weight excluding hydrogens is 389 g/mol. The monoisotopic (exact) mass is 401 g/mol. The lowest BCUT2D eigenvalue weighted by Gasteiger charge is -2.11. The van der Waals surface area contributed by atoms with E-state index in [1.54, 1.807) is 18.2 Å². The summed E-state index contributed by atoms with van der Waals surface area (Å²) in [6, 6.07) is 7.74. The average molecular weight is 403 g/mol. The van der Waals surface area contributed by atoms with Gasteiger partial charge in [-0.3, -0.25) is 4.79 Å². The number of methoxy groups -OCH3 is 1. The van der Waals surface area contributed by atoms with Crippen molar-refractivity contribution in [3.8, 4) is 5.75 Å². The predicted octanol–water partition coefficient (Wildman–Crippen LogP) is 4.76. The molecule has 5 nitrogen and oxygen atoms in total. The number of hydrogen-bond donors (Lipinski definition) is 1. The van der Waals surface area contributed by atoms with Gasteiger partial charge in [-0.1, -0.05) is 40.9 Å². The zero-order chi connectivity index (χ0) is 18.6. The number of benzene rings is 2. The van der Waals surface area contributed by atoms with Crippen LogP contribution in [-0.4, -0.2) is 25.6 Å². The molecule has 0 saturated heterocycles. The molecule has 0 saturated carbocycles. The van der Waals surface area contributed by atoms with Gasteiger partial charge in [-0.05, 0) is 36.8 Å². The first-order chi connectivity index (χ1) is 11.8. The van der Waals surface area contributed by atoms with Gasteiger partial charge in [-0.2, -0.15) is 0 Å². The van der Waals surface area contributed by atoms with Gasteiger partial charge in [-0.15, -0.1) is 0 Å². The number of hydrogen-bond acceptors (Lipinski definition) is 4. The van der Waals surface area contributed by atoms with Crippen molar-refractivity contribution in [3.05, 3.63) is 56.5 Å². The molecule has 25 heavy (non-hydrogen) atoms. The molecule has 8 heteroatoms. The van der Waals surface area contributed by atoms with E-state index in [-0.39, 0.29) is 21.3 Å². The van der Waals surface area contributed by atoms with Crippen molar-refractivity contribution >= 4 is 52.4 Å². The smallest absolute Gasteiger partial charge is 0.338 e. The lowest BCUT2D eigenvalue weighted by atomic mass is 10.1. The lowest BCUT2D eigenvalue weighted by Crippen LogP contribution is -2.21. The van der Waals surface area contributed by atoms with Crippen LogP contribution in [-0.2, 0) is 9.53 Å². The first-order valence-corrected chi connectivity index (χ1v) is 8.21. The molecule has 0 unspecified atom stereocenters. The largest absolute Gasteiger partial charge is 0.496 e.